The number of aromatic nitrogens is 2. The first-order chi connectivity index (χ1) is 14.4. The van der Waals surface area contributed by atoms with Crippen LogP contribution < -0.4 is 15.4 Å². The van der Waals surface area contributed by atoms with Gasteiger partial charge in [-0.05, 0) is 68.5 Å². The predicted octanol–water partition coefficient (Wildman–Crippen LogP) is 3.95. The first-order valence-electron chi connectivity index (χ1n) is 9.42. The van der Waals surface area contributed by atoms with Crippen LogP contribution in [0, 0.1) is 13.8 Å². The summed E-state index contributed by atoms with van der Waals surface area (Å²) in [7, 11) is 3.46. The molecule has 3 rings (SSSR count). The second kappa shape index (κ2) is 9.09. The quantitative estimate of drug-likeness (QED) is 0.609. The van der Waals surface area contributed by atoms with Crippen molar-refractivity contribution in [3.63, 3.8) is 0 Å². The minimum atomic E-state index is -0.256. The third-order valence-electron chi connectivity index (χ3n) is 4.73. The van der Waals surface area contributed by atoms with Crippen LogP contribution in [0.15, 0.2) is 54.6 Å². The maximum atomic E-state index is 12.4. The molecule has 0 spiro atoms. The predicted molar refractivity (Wildman–Crippen MR) is 118 cm³/mol. The molecule has 2 amide bonds. The maximum Gasteiger partial charge on any atom is 0.255 e. The fraction of sp³-hybridized carbons (Fsp3) is 0.174. The Hall–Kier alpha value is -3.87. The van der Waals surface area contributed by atoms with Crippen LogP contribution in [0.25, 0.3) is 6.08 Å². The Morgan fingerprint density at radius 1 is 0.967 bits per heavy atom. The van der Waals surface area contributed by atoms with E-state index in [4.69, 9.17) is 4.74 Å². The Balaban J connectivity index is 1.60. The van der Waals surface area contributed by atoms with Gasteiger partial charge >= 0.3 is 0 Å². The van der Waals surface area contributed by atoms with Crippen LogP contribution in [-0.2, 0) is 11.8 Å². The second-order valence-corrected chi connectivity index (χ2v) is 6.79. The maximum absolute atomic E-state index is 12.4. The molecule has 0 fully saturated rings. The summed E-state index contributed by atoms with van der Waals surface area (Å²) in [6, 6.07) is 13.8. The zero-order valence-corrected chi connectivity index (χ0v) is 17.4. The first kappa shape index (κ1) is 20.9. The number of hydrogen-bond donors (Lipinski definition) is 2. The van der Waals surface area contributed by atoms with Crippen LogP contribution >= 0.6 is 0 Å². The summed E-state index contributed by atoms with van der Waals surface area (Å²) < 4.78 is 6.88. The van der Waals surface area contributed by atoms with Gasteiger partial charge in [-0.2, -0.15) is 5.10 Å². The number of nitrogens with one attached hydrogen (secondary N) is 2. The molecule has 0 aliphatic rings. The van der Waals surface area contributed by atoms with Gasteiger partial charge in [0.05, 0.1) is 12.8 Å². The Labute approximate surface area is 175 Å². The number of hydrogen-bond acceptors (Lipinski definition) is 4. The molecule has 2 aromatic carbocycles. The molecule has 7 nitrogen and oxygen atoms in total. The number of benzene rings is 2. The fourth-order valence-corrected chi connectivity index (χ4v) is 2.96. The topological polar surface area (TPSA) is 85.2 Å². The summed E-state index contributed by atoms with van der Waals surface area (Å²) in [6.45, 7) is 3.85. The van der Waals surface area contributed by atoms with E-state index < -0.39 is 0 Å². The van der Waals surface area contributed by atoms with Crippen molar-refractivity contribution in [2.45, 2.75) is 13.8 Å². The Bertz CT molecular complexity index is 1080. The minimum absolute atomic E-state index is 0.236. The van der Waals surface area contributed by atoms with Crippen LogP contribution in [0.2, 0.25) is 0 Å². The van der Waals surface area contributed by atoms with Gasteiger partial charge in [-0.15, -0.1) is 0 Å². The Morgan fingerprint density at radius 2 is 1.57 bits per heavy atom. The molecule has 1 aromatic heterocycles. The number of methoxy groups -OCH3 is 1. The lowest BCUT2D eigenvalue weighted by molar-refractivity contribution is -0.111. The normalized spacial score (nSPS) is 10.8. The van der Waals surface area contributed by atoms with Gasteiger partial charge in [0.2, 0.25) is 5.91 Å². The minimum Gasteiger partial charge on any atom is -0.497 e. The van der Waals surface area contributed by atoms with Crippen molar-refractivity contribution in [2.24, 2.45) is 7.05 Å². The molecule has 154 valence electrons. The Morgan fingerprint density at radius 3 is 2.13 bits per heavy atom. The molecule has 0 aliphatic carbocycles. The molecule has 0 saturated carbocycles. The van der Waals surface area contributed by atoms with Crippen LogP contribution in [0.3, 0.4) is 0 Å². The molecule has 1 heterocycles. The summed E-state index contributed by atoms with van der Waals surface area (Å²) in [5.41, 5.74) is 4.55. The standard InChI is InChI=1S/C23H24N4O3/c1-15-21(16(2)27(3)26-15)13-14-22(28)24-18-7-5-17(6-8-18)23(29)25-19-9-11-20(30-4)12-10-19/h5-14H,1-4H3,(H,24,28)(H,25,29)/b14-13+. The number of carbonyl (C=O) groups is 2. The molecular weight excluding hydrogens is 380 g/mol. The molecule has 0 atom stereocenters. The largest absolute Gasteiger partial charge is 0.497 e. The fourth-order valence-electron chi connectivity index (χ4n) is 2.96. The number of carbonyl (C=O) groups excluding carboxylic acids is 2. The van der Waals surface area contributed by atoms with Gasteiger partial charge in [-0.3, -0.25) is 14.3 Å². The van der Waals surface area contributed by atoms with Gasteiger partial charge in [0.15, 0.2) is 0 Å². The average molecular weight is 404 g/mol. The molecule has 0 saturated heterocycles. The van der Waals surface area contributed by atoms with E-state index in [1.54, 1.807) is 66.4 Å². The van der Waals surface area contributed by atoms with Crippen molar-refractivity contribution >= 4 is 29.3 Å². The van der Waals surface area contributed by atoms with Gasteiger partial charge in [0.25, 0.3) is 5.91 Å². The van der Waals surface area contributed by atoms with Gasteiger partial charge < -0.3 is 15.4 Å². The Kier molecular flexibility index (Phi) is 6.32. The van der Waals surface area contributed by atoms with Gasteiger partial charge in [-0.25, -0.2) is 0 Å². The number of aryl methyl sites for hydroxylation is 2. The van der Waals surface area contributed by atoms with E-state index in [-0.39, 0.29) is 11.8 Å². The highest BCUT2D eigenvalue weighted by atomic mass is 16.5. The average Bonchev–Trinajstić information content (AvgIpc) is 2.98. The van der Waals surface area contributed by atoms with E-state index in [1.165, 1.54) is 6.08 Å². The van der Waals surface area contributed by atoms with E-state index in [0.717, 1.165) is 22.7 Å². The number of nitrogens with zero attached hydrogens (tertiary/aromatic N) is 2. The van der Waals surface area contributed by atoms with Gasteiger partial charge in [0.1, 0.15) is 5.75 Å². The monoisotopic (exact) mass is 404 g/mol. The van der Waals surface area contributed by atoms with E-state index in [0.29, 0.717) is 16.9 Å². The zero-order valence-electron chi connectivity index (χ0n) is 17.4. The highest BCUT2D eigenvalue weighted by Gasteiger charge is 2.08. The van der Waals surface area contributed by atoms with Crippen LogP contribution in [0.4, 0.5) is 11.4 Å². The molecular formula is C23H24N4O3. The highest BCUT2D eigenvalue weighted by Crippen LogP contribution is 2.17. The highest BCUT2D eigenvalue weighted by molar-refractivity contribution is 6.05. The lowest BCUT2D eigenvalue weighted by Crippen LogP contribution is -2.12. The van der Waals surface area contributed by atoms with Crippen molar-refractivity contribution in [1.82, 2.24) is 9.78 Å². The summed E-state index contributed by atoms with van der Waals surface area (Å²) >= 11 is 0. The first-order valence-corrected chi connectivity index (χ1v) is 9.42. The van der Waals surface area contributed by atoms with E-state index in [1.807, 2.05) is 20.9 Å². The zero-order chi connectivity index (χ0) is 21.7. The summed E-state index contributed by atoms with van der Waals surface area (Å²) in [4.78, 5) is 24.6. The SMILES string of the molecule is COc1ccc(NC(=O)c2ccc(NC(=O)/C=C/c3c(C)nn(C)c3C)cc2)cc1. The van der Waals surface area contributed by atoms with Crippen molar-refractivity contribution in [1.29, 1.82) is 0 Å². The molecule has 0 unspecified atom stereocenters. The molecule has 0 bridgehead atoms. The van der Waals surface area contributed by atoms with Crippen LogP contribution in [0.5, 0.6) is 5.75 Å². The van der Waals surface area contributed by atoms with E-state index >= 15 is 0 Å². The lowest BCUT2D eigenvalue weighted by Gasteiger charge is -2.07. The van der Waals surface area contributed by atoms with Crippen molar-refractivity contribution in [3.05, 3.63) is 77.1 Å². The summed E-state index contributed by atoms with van der Waals surface area (Å²) in [5.74, 6) is 0.226. The molecule has 3 aromatic rings. The number of anilines is 2. The molecule has 30 heavy (non-hydrogen) atoms. The summed E-state index contributed by atoms with van der Waals surface area (Å²) in [5, 5.41) is 9.93. The third-order valence-corrected chi connectivity index (χ3v) is 4.73. The molecule has 0 radical (unpaired) electrons. The molecule has 2 N–H and O–H groups in total. The van der Waals surface area contributed by atoms with E-state index in [2.05, 4.69) is 15.7 Å². The number of ether oxygens (including phenoxy) is 1. The van der Waals surface area contributed by atoms with Crippen LogP contribution in [0.1, 0.15) is 27.3 Å². The number of rotatable bonds is 6. The van der Waals surface area contributed by atoms with Crippen molar-refractivity contribution in [2.75, 3.05) is 17.7 Å². The van der Waals surface area contributed by atoms with Crippen LogP contribution in [-0.4, -0.2) is 28.7 Å². The third kappa shape index (κ3) is 4.94. The molecule has 0 aliphatic heterocycles. The number of amides is 2. The summed E-state index contributed by atoms with van der Waals surface area (Å²) in [6.07, 6.45) is 3.23. The second-order valence-electron chi connectivity index (χ2n) is 6.79. The van der Waals surface area contributed by atoms with Gasteiger partial charge in [-0.1, -0.05) is 0 Å². The van der Waals surface area contributed by atoms with Gasteiger partial charge in [0, 0.05) is 41.3 Å². The lowest BCUT2D eigenvalue weighted by atomic mass is 10.1. The smallest absolute Gasteiger partial charge is 0.255 e. The van der Waals surface area contributed by atoms with Crippen molar-refractivity contribution < 1.29 is 14.3 Å². The van der Waals surface area contributed by atoms with Crippen molar-refractivity contribution in [3.8, 4) is 5.75 Å². The molecule has 7 heteroatoms. The van der Waals surface area contributed by atoms with E-state index in [9.17, 15) is 9.59 Å².